The minimum Gasteiger partial charge on any atom is -0.379 e. The van der Waals surface area contributed by atoms with Crippen molar-refractivity contribution in [3.8, 4) is 0 Å². The Morgan fingerprint density at radius 1 is 1.05 bits per heavy atom. The van der Waals surface area contributed by atoms with Crippen LogP contribution in [0.2, 0.25) is 0 Å². The molecule has 2 heterocycles. The van der Waals surface area contributed by atoms with E-state index in [1.165, 1.54) is 12.0 Å². The molecule has 2 aliphatic heterocycles. The summed E-state index contributed by atoms with van der Waals surface area (Å²) in [7, 11) is 0. The average Bonchev–Trinajstić information content (AvgIpc) is 2.48. The lowest BCUT2D eigenvalue weighted by Gasteiger charge is -2.31. The summed E-state index contributed by atoms with van der Waals surface area (Å²) in [6.45, 7) is 8.01. The highest BCUT2D eigenvalue weighted by Crippen LogP contribution is 2.21. The van der Waals surface area contributed by atoms with E-state index in [-0.39, 0.29) is 5.82 Å². The van der Waals surface area contributed by atoms with Gasteiger partial charge in [-0.1, -0.05) is 12.1 Å². The summed E-state index contributed by atoms with van der Waals surface area (Å²) in [4.78, 5) is 4.92. The fraction of sp³-hybridized carbons (Fsp3) is 0.625. The molecule has 3 rings (SSSR count). The van der Waals surface area contributed by atoms with Crippen LogP contribution in [-0.4, -0.2) is 55.7 Å². The number of benzene rings is 1. The molecular weight excluding hydrogens is 255 g/mol. The molecule has 0 spiro atoms. The number of halogens is 1. The van der Waals surface area contributed by atoms with Gasteiger partial charge in [-0.2, -0.15) is 0 Å². The zero-order valence-corrected chi connectivity index (χ0v) is 12.0. The summed E-state index contributed by atoms with van der Waals surface area (Å²) >= 11 is 0. The molecule has 2 aliphatic rings. The third kappa shape index (κ3) is 3.37. The van der Waals surface area contributed by atoms with Gasteiger partial charge in [-0.25, -0.2) is 4.39 Å². The Kier molecular flexibility index (Phi) is 4.65. The molecule has 0 saturated carbocycles. The van der Waals surface area contributed by atoms with E-state index in [0.29, 0.717) is 0 Å². The van der Waals surface area contributed by atoms with Gasteiger partial charge in [-0.15, -0.1) is 0 Å². The van der Waals surface area contributed by atoms with Gasteiger partial charge in [0.15, 0.2) is 0 Å². The largest absolute Gasteiger partial charge is 0.379 e. The third-order valence-electron chi connectivity index (χ3n) is 4.34. The number of hydrogen-bond donors (Lipinski definition) is 0. The Hall–Kier alpha value is -0.970. The van der Waals surface area contributed by atoms with Crippen molar-refractivity contribution in [3.63, 3.8) is 0 Å². The van der Waals surface area contributed by atoms with Crippen LogP contribution in [0.15, 0.2) is 18.2 Å². The van der Waals surface area contributed by atoms with E-state index >= 15 is 0 Å². The van der Waals surface area contributed by atoms with Crippen LogP contribution in [0.3, 0.4) is 0 Å². The molecule has 0 amide bonds. The van der Waals surface area contributed by atoms with E-state index < -0.39 is 0 Å². The summed E-state index contributed by atoms with van der Waals surface area (Å²) in [6, 6.07) is 5.46. The molecule has 3 nitrogen and oxygen atoms in total. The summed E-state index contributed by atoms with van der Waals surface area (Å²) in [5.74, 6) is -0.0320. The first-order valence-electron chi connectivity index (χ1n) is 7.61. The number of fused-ring (bicyclic) bond motifs is 1. The number of ether oxygens (including phenoxy) is 1. The zero-order valence-electron chi connectivity index (χ0n) is 12.0. The van der Waals surface area contributed by atoms with Gasteiger partial charge in [0.1, 0.15) is 5.82 Å². The number of hydrogen-bond acceptors (Lipinski definition) is 3. The van der Waals surface area contributed by atoms with Crippen molar-refractivity contribution in [1.29, 1.82) is 0 Å². The molecule has 0 aromatic heterocycles. The summed E-state index contributed by atoms with van der Waals surface area (Å²) in [5.41, 5.74) is 2.10. The predicted octanol–water partition coefficient (Wildman–Crippen LogP) is 1.91. The second-order valence-corrected chi connectivity index (χ2v) is 5.71. The maximum absolute atomic E-state index is 13.7. The molecule has 0 aliphatic carbocycles. The first-order valence-corrected chi connectivity index (χ1v) is 7.61. The fourth-order valence-corrected chi connectivity index (χ4v) is 3.15. The molecule has 4 heteroatoms. The summed E-state index contributed by atoms with van der Waals surface area (Å²) < 4.78 is 19.0. The fourth-order valence-electron chi connectivity index (χ4n) is 3.15. The predicted molar refractivity (Wildman–Crippen MR) is 77.3 cm³/mol. The van der Waals surface area contributed by atoms with Gasteiger partial charge in [0.05, 0.1) is 13.2 Å². The summed E-state index contributed by atoms with van der Waals surface area (Å²) in [6.07, 6.45) is 2.03. The van der Waals surface area contributed by atoms with E-state index in [9.17, 15) is 4.39 Å². The number of nitrogens with zero attached hydrogens (tertiary/aromatic N) is 2. The Bertz CT molecular complexity index is 446. The van der Waals surface area contributed by atoms with Gasteiger partial charge in [0.2, 0.25) is 0 Å². The maximum Gasteiger partial charge on any atom is 0.126 e. The highest BCUT2D eigenvalue weighted by atomic mass is 19.1. The molecule has 20 heavy (non-hydrogen) atoms. The molecule has 1 fully saturated rings. The monoisotopic (exact) mass is 278 g/mol. The van der Waals surface area contributed by atoms with Crippen LogP contribution < -0.4 is 0 Å². The first kappa shape index (κ1) is 14.0. The Labute approximate surface area is 120 Å². The standard InChI is InChI=1S/C16H23FN2O/c17-16-4-1-3-14-13-19(8-5-15(14)16)7-2-6-18-9-11-20-12-10-18/h1,3-4H,2,5-13H2. The molecule has 0 radical (unpaired) electrons. The van der Waals surface area contributed by atoms with Crippen LogP contribution in [0.1, 0.15) is 17.5 Å². The van der Waals surface area contributed by atoms with Crippen molar-refractivity contribution in [2.75, 3.05) is 45.9 Å². The van der Waals surface area contributed by atoms with E-state index in [0.717, 1.165) is 64.5 Å². The quantitative estimate of drug-likeness (QED) is 0.837. The van der Waals surface area contributed by atoms with Gasteiger partial charge < -0.3 is 4.74 Å². The Morgan fingerprint density at radius 3 is 2.70 bits per heavy atom. The molecule has 1 aromatic rings. The molecule has 0 unspecified atom stereocenters. The molecule has 0 atom stereocenters. The highest BCUT2D eigenvalue weighted by molar-refractivity contribution is 5.30. The smallest absolute Gasteiger partial charge is 0.126 e. The van der Waals surface area contributed by atoms with Crippen molar-refractivity contribution >= 4 is 0 Å². The van der Waals surface area contributed by atoms with Crippen molar-refractivity contribution in [2.24, 2.45) is 0 Å². The molecule has 110 valence electrons. The van der Waals surface area contributed by atoms with Crippen LogP contribution in [0, 0.1) is 5.82 Å². The van der Waals surface area contributed by atoms with E-state index in [1.807, 2.05) is 6.07 Å². The lowest BCUT2D eigenvalue weighted by Crippen LogP contribution is -2.39. The minimum absolute atomic E-state index is 0.0320. The minimum atomic E-state index is -0.0320. The van der Waals surface area contributed by atoms with E-state index in [4.69, 9.17) is 4.74 Å². The van der Waals surface area contributed by atoms with Crippen LogP contribution in [0.25, 0.3) is 0 Å². The van der Waals surface area contributed by atoms with Crippen molar-refractivity contribution in [2.45, 2.75) is 19.4 Å². The third-order valence-corrected chi connectivity index (χ3v) is 4.34. The van der Waals surface area contributed by atoms with Crippen LogP contribution >= 0.6 is 0 Å². The molecule has 0 N–H and O–H groups in total. The Balaban J connectivity index is 1.46. The maximum atomic E-state index is 13.7. The second-order valence-electron chi connectivity index (χ2n) is 5.71. The van der Waals surface area contributed by atoms with Gasteiger partial charge in [-0.3, -0.25) is 9.80 Å². The van der Waals surface area contributed by atoms with Gasteiger partial charge in [0, 0.05) is 26.2 Å². The van der Waals surface area contributed by atoms with Gasteiger partial charge >= 0.3 is 0 Å². The zero-order chi connectivity index (χ0) is 13.8. The normalized spacial score (nSPS) is 20.9. The van der Waals surface area contributed by atoms with Crippen molar-refractivity contribution in [3.05, 3.63) is 35.1 Å². The number of morpholine rings is 1. The average molecular weight is 278 g/mol. The molecular formula is C16H23FN2O. The van der Waals surface area contributed by atoms with Crippen molar-refractivity contribution < 1.29 is 9.13 Å². The van der Waals surface area contributed by atoms with Crippen LogP contribution in [0.5, 0.6) is 0 Å². The lowest BCUT2D eigenvalue weighted by molar-refractivity contribution is 0.0359. The summed E-state index contributed by atoms with van der Waals surface area (Å²) in [5, 5.41) is 0. The molecule has 0 bridgehead atoms. The highest BCUT2D eigenvalue weighted by Gasteiger charge is 2.18. The topological polar surface area (TPSA) is 15.7 Å². The van der Waals surface area contributed by atoms with Crippen LogP contribution in [0.4, 0.5) is 4.39 Å². The molecule has 1 aromatic carbocycles. The van der Waals surface area contributed by atoms with Crippen LogP contribution in [-0.2, 0) is 17.7 Å². The van der Waals surface area contributed by atoms with E-state index in [2.05, 4.69) is 15.9 Å². The lowest BCUT2D eigenvalue weighted by atomic mass is 9.99. The number of rotatable bonds is 4. The second kappa shape index (κ2) is 6.66. The molecule has 1 saturated heterocycles. The van der Waals surface area contributed by atoms with Crippen molar-refractivity contribution in [1.82, 2.24) is 9.80 Å². The van der Waals surface area contributed by atoms with Gasteiger partial charge in [0.25, 0.3) is 0 Å². The van der Waals surface area contributed by atoms with Gasteiger partial charge in [-0.05, 0) is 43.1 Å². The SMILES string of the molecule is Fc1cccc2c1CCN(CCCN1CCOCC1)C2. The van der Waals surface area contributed by atoms with E-state index in [1.54, 1.807) is 6.07 Å². The first-order chi connectivity index (χ1) is 9.83. The Morgan fingerprint density at radius 2 is 1.85 bits per heavy atom.